The third-order valence-electron chi connectivity index (χ3n) is 4.76. The van der Waals surface area contributed by atoms with Gasteiger partial charge in [0, 0.05) is 38.2 Å². The van der Waals surface area contributed by atoms with Gasteiger partial charge in [-0.15, -0.1) is 0 Å². The molecule has 2 unspecified atom stereocenters. The van der Waals surface area contributed by atoms with Gasteiger partial charge in [-0.05, 0) is 42.2 Å². The average molecular weight is 368 g/mol. The van der Waals surface area contributed by atoms with Crippen molar-refractivity contribution in [2.24, 2.45) is 4.99 Å². The van der Waals surface area contributed by atoms with Gasteiger partial charge in [-0.3, -0.25) is 9.79 Å². The molecule has 0 bridgehead atoms. The van der Waals surface area contributed by atoms with E-state index >= 15 is 0 Å². The maximum atomic E-state index is 13.9. The largest absolute Gasteiger partial charge is 0.356 e. The van der Waals surface area contributed by atoms with E-state index in [4.69, 9.17) is 0 Å². The van der Waals surface area contributed by atoms with Crippen molar-refractivity contribution in [1.29, 1.82) is 0 Å². The topological polar surface area (TPSA) is 65.5 Å². The van der Waals surface area contributed by atoms with Crippen molar-refractivity contribution in [3.05, 3.63) is 71.0 Å². The second-order valence-corrected chi connectivity index (χ2v) is 6.64. The van der Waals surface area contributed by atoms with Crippen LogP contribution < -0.4 is 16.0 Å². The zero-order valence-electron chi connectivity index (χ0n) is 15.6. The summed E-state index contributed by atoms with van der Waals surface area (Å²) in [5.41, 5.74) is 2.49. The van der Waals surface area contributed by atoms with Crippen molar-refractivity contribution >= 4 is 11.9 Å². The predicted molar refractivity (Wildman–Crippen MR) is 106 cm³/mol. The summed E-state index contributed by atoms with van der Waals surface area (Å²) in [7, 11) is 3.35. The summed E-state index contributed by atoms with van der Waals surface area (Å²) in [4.78, 5) is 16.0. The lowest BCUT2D eigenvalue weighted by Gasteiger charge is -2.12. The van der Waals surface area contributed by atoms with Crippen molar-refractivity contribution in [3.8, 4) is 0 Å². The number of guanidine groups is 1. The number of hydrogen-bond donors (Lipinski definition) is 3. The normalized spacial score (nSPS) is 18.7. The summed E-state index contributed by atoms with van der Waals surface area (Å²) >= 11 is 0. The van der Waals surface area contributed by atoms with E-state index in [1.165, 1.54) is 6.07 Å². The highest BCUT2D eigenvalue weighted by Crippen LogP contribution is 2.41. The molecule has 5 nitrogen and oxygen atoms in total. The molecule has 27 heavy (non-hydrogen) atoms. The van der Waals surface area contributed by atoms with E-state index in [-0.39, 0.29) is 23.7 Å². The molecular weight excluding hydrogens is 343 g/mol. The molecule has 6 heteroatoms. The Morgan fingerprint density at radius 2 is 2.04 bits per heavy atom. The Bertz CT molecular complexity index is 836. The minimum absolute atomic E-state index is 0.0878. The number of aliphatic imine (C=N–C) groups is 1. The van der Waals surface area contributed by atoms with E-state index in [1.54, 1.807) is 26.2 Å². The predicted octanol–water partition coefficient (Wildman–Crippen LogP) is 2.45. The molecule has 1 aliphatic rings. The first-order chi connectivity index (χ1) is 13.1. The maximum absolute atomic E-state index is 13.9. The first-order valence-electron chi connectivity index (χ1n) is 9.15. The van der Waals surface area contributed by atoms with Gasteiger partial charge >= 0.3 is 0 Å². The fourth-order valence-corrected chi connectivity index (χ4v) is 3.18. The summed E-state index contributed by atoms with van der Waals surface area (Å²) in [5, 5.41) is 9.26. The zero-order chi connectivity index (χ0) is 19.2. The van der Waals surface area contributed by atoms with E-state index in [9.17, 15) is 9.18 Å². The van der Waals surface area contributed by atoms with Gasteiger partial charge in [0.05, 0.1) is 0 Å². The Labute approximate surface area is 159 Å². The van der Waals surface area contributed by atoms with Crippen LogP contribution in [0.1, 0.15) is 33.8 Å². The number of benzene rings is 2. The van der Waals surface area contributed by atoms with Gasteiger partial charge in [0.25, 0.3) is 5.91 Å². The first kappa shape index (κ1) is 18.9. The van der Waals surface area contributed by atoms with Crippen LogP contribution in [0.15, 0.2) is 53.5 Å². The Hall–Kier alpha value is -2.89. The summed E-state index contributed by atoms with van der Waals surface area (Å²) in [6.45, 7) is 0.688. The number of amides is 1. The highest BCUT2D eigenvalue weighted by molar-refractivity contribution is 5.94. The molecule has 1 amide bonds. The van der Waals surface area contributed by atoms with Crippen molar-refractivity contribution in [2.45, 2.75) is 24.8 Å². The van der Waals surface area contributed by atoms with Gasteiger partial charge in [-0.2, -0.15) is 0 Å². The highest BCUT2D eigenvalue weighted by atomic mass is 19.1. The Balaban J connectivity index is 1.48. The van der Waals surface area contributed by atoms with E-state index in [0.29, 0.717) is 18.1 Å². The summed E-state index contributed by atoms with van der Waals surface area (Å²) in [5.74, 6) is 0.663. The molecule has 0 spiro atoms. The third kappa shape index (κ3) is 4.84. The smallest absolute Gasteiger partial charge is 0.251 e. The standard InChI is InChI=1S/C21H25FN4O/c1-23-20(27)15-7-5-6-14(12-15)10-11-25-21(24-2)26-19-13-17(19)16-8-3-4-9-18(16)22/h3-9,12,17,19H,10-11,13H2,1-2H3,(H,23,27)(H2,24,25,26). The van der Waals surface area contributed by atoms with Crippen LogP contribution >= 0.6 is 0 Å². The molecule has 1 fully saturated rings. The van der Waals surface area contributed by atoms with Crippen LogP contribution in [0.3, 0.4) is 0 Å². The van der Waals surface area contributed by atoms with Crippen molar-refractivity contribution < 1.29 is 9.18 Å². The van der Waals surface area contributed by atoms with Crippen LogP contribution in [0.4, 0.5) is 4.39 Å². The number of hydrogen-bond acceptors (Lipinski definition) is 2. The van der Waals surface area contributed by atoms with Gasteiger partial charge in [0.15, 0.2) is 5.96 Å². The summed E-state index contributed by atoms with van der Waals surface area (Å²) < 4.78 is 13.9. The number of rotatable bonds is 6. The highest BCUT2D eigenvalue weighted by Gasteiger charge is 2.40. The van der Waals surface area contributed by atoms with Crippen LogP contribution in [0.2, 0.25) is 0 Å². The Kier molecular flexibility index (Phi) is 6.06. The number of carbonyl (C=O) groups is 1. The molecule has 0 aliphatic heterocycles. The minimum atomic E-state index is -0.147. The molecule has 2 atom stereocenters. The molecule has 0 saturated heterocycles. The maximum Gasteiger partial charge on any atom is 0.251 e. The molecular formula is C21H25FN4O. The molecule has 0 radical (unpaired) electrons. The Morgan fingerprint density at radius 3 is 2.78 bits per heavy atom. The fourth-order valence-electron chi connectivity index (χ4n) is 3.18. The van der Waals surface area contributed by atoms with Crippen LogP contribution in [0.5, 0.6) is 0 Å². The lowest BCUT2D eigenvalue weighted by molar-refractivity contribution is 0.0963. The van der Waals surface area contributed by atoms with Gasteiger partial charge in [-0.1, -0.05) is 30.3 Å². The summed E-state index contributed by atoms with van der Waals surface area (Å²) in [6, 6.07) is 14.7. The van der Waals surface area contributed by atoms with E-state index < -0.39 is 0 Å². The average Bonchev–Trinajstić information content (AvgIpc) is 3.46. The first-order valence-corrected chi connectivity index (χ1v) is 9.15. The van der Waals surface area contributed by atoms with Crippen molar-refractivity contribution in [1.82, 2.24) is 16.0 Å². The number of halogens is 1. The second-order valence-electron chi connectivity index (χ2n) is 6.64. The van der Waals surface area contributed by atoms with E-state index in [1.807, 2.05) is 30.3 Å². The van der Waals surface area contributed by atoms with E-state index in [0.717, 1.165) is 24.0 Å². The molecule has 142 valence electrons. The quantitative estimate of drug-likeness (QED) is 0.542. The van der Waals surface area contributed by atoms with Crippen LogP contribution in [-0.2, 0) is 6.42 Å². The molecule has 3 N–H and O–H groups in total. The third-order valence-corrected chi connectivity index (χ3v) is 4.76. The second kappa shape index (κ2) is 8.66. The van der Waals surface area contributed by atoms with Gasteiger partial charge in [-0.25, -0.2) is 4.39 Å². The molecule has 2 aromatic carbocycles. The lowest BCUT2D eigenvalue weighted by atomic mass is 10.1. The Morgan fingerprint density at radius 1 is 1.22 bits per heavy atom. The molecule has 0 heterocycles. The number of nitrogens with one attached hydrogen (secondary N) is 3. The minimum Gasteiger partial charge on any atom is -0.356 e. The van der Waals surface area contributed by atoms with Crippen LogP contribution in [0.25, 0.3) is 0 Å². The SMILES string of the molecule is CN=C(NCCc1cccc(C(=O)NC)c1)NC1CC1c1ccccc1F. The van der Waals surface area contributed by atoms with Crippen molar-refractivity contribution in [3.63, 3.8) is 0 Å². The molecule has 2 aromatic rings. The van der Waals surface area contributed by atoms with Gasteiger partial charge in [0.2, 0.25) is 0 Å². The number of carbonyl (C=O) groups excluding carboxylic acids is 1. The van der Waals surface area contributed by atoms with Gasteiger partial charge < -0.3 is 16.0 Å². The van der Waals surface area contributed by atoms with Crippen molar-refractivity contribution in [2.75, 3.05) is 20.6 Å². The molecule has 0 aromatic heterocycles. The molecule has 3 rings (SSSR count). The molecule has 1 aliphatic carbocycles. The fraction of sp³-hybridized carbons (Fsp3) is 0.333. The monoisotopic (exact) mass is 368 g/mol. The number of nitrogens with zero attached hydrogens (tertiary/aromatic N) is 1. The van der Waals surface area contributed by atoms with Gasteiger partial charge in [0.1, 0.15) is 5.82 Å². The zero-order valence-corrected chi connectivity index (χ0v) is 15.6. The lowest BCUT2D eigenvalue weighted by Crippen LogP contribution is -2.40. The molecule has 1 saturated carbocycles. The summed E-state index contributed by atoms with van der Waals surface area (Å²) in [6.07, 6.45) is 1.67. The van der Waals surface area contributed by atoms with Crippen LogP contribution in [-0.4, -0.2) is 38.5 Å². The van der Waals surface area contributed by atoms with E-state index in [2.05, 4.69) is 20.9 Å². The van der Waals surface area contributed by atoms with Crippen LogP contribution in [0, 0.1) is 5.82 Å².